The summed E-state index contributed by atoms with van der Waals surface area (Å²) in [6.07, 6.45) is 4.58. The fourth-order valence-electron chi connectivity index (χ4n) is 3.28. The van der Waals surface area contributed by atoms with Crippen molar-refractivity contribution < 1.29 is 9.47 Å². The summed E-state index contributed by atoms with van der Waals surface area (Å²) in [5, 5.41) is 9.74. The molecule has 1 aliphatic rings. The van der Waals surface area contributed by atoms with Crippen LogP contribution in [-0.4, -0.2) is 52.3 Å². The average molecular weight is 377 g/mol. The molecule has 1 unspecified atom stereocenters. The van der Waals surface area contributed by atoms with Gasteiger partial charge in [-0.2, -0.15) is 0 Å². The van der Waals surface area contributed by atoms with Crippen LogP contribution < -0.4 is 4.74 Å². The zero-order valence-corrected chi connectivity index (χ0v) is 16.7. The minimum atomic E-state index is 0.277. The summed E-state index contributed by atoms with van der Waals surface area (Å²) < 4.78 is 13.8. The number of benzene rings is 1. The van der Waals surface area contributed by atoms with Gasteiger partial charge in [-0.1, -0.05) is 30.0 Å². The first-order valence-corrected chi connectivity index (χ1v) is 10.4. The van der Waals surface area contributed by atoms with E-state index in [-0.39, 0.29) is 6.10 Å². The summed E-state index contributed by atoms with van der Waals surface area (Å²) in [5.41, 5.74) is 1.19. The highest BCUT2D eigenvalue weighted by Crippen LogP contribution is 2.22. The third kappa shape index (κ3) is 4.78. The van der Waals surface area contributed by atoms with Crippen molar-refractivity contribution in [1.82, 2.24) is 19.7 Å². The van der Waals surface area contributed by atoms with E-state index in [9.17, 15) is 0 Å². The molecule has 0 aliphatic carbocycles. The maximum Gasteiger partial charge on any atom is 0.191 e. The molecular formula is C19H28N4O2S. The smallest absolute Gasteiger partial charge is 0.191 e. The number of aromatic nitrogens is 3. The van der Waals surface area contributed by atoms with Crippen LogP contribution in [0.1, 0.15) is 31.2 Å². The normalized spacial score (nSPS) is 17.2. The molecule has 6 nitrogen and oxygen atoms in total. The van der Waals surface area contributed by atoms with Crippen molar-refractivity contribution in [3.8, 4) is 5.75 Å². The molecule has 7 heteroatoms. The second kappa shape index (κ2) is 9.39. The average Bonchev–Trinajstić information content (AvgIpc) is 3.28. The van der Waals surface area contributed by atoms with Crippen LogP contribution in [0.4, 0.5) is 0 Å². The quantitative estimate of drug-likeness (QED) is 0.627. The van der Waals surface area contributed by atoms with Crippen LogP contribution in [0.2, 0.25) is 0 Å². The molecule has 1 aliphatic heterocycles. The monoisotopic (exact) mass is 376 g/mol. The van der Waals surface area contributed by atoms with Crippen molar-refractivity contribution in [1.29, 1.82) is 0 Å². The van der Waals surface area contributed by atoms with Crippen LogP contribution in [0.25, 0.3) is 0 Å². The molecule has 0 amide bonds. The number of hydrogen-bond acceptors (Lipinski definition) is 6. The zero-order valence-electron chi connectivity index (χ0n) is 15.9. The first-order chi connectivity index (χ1) is 12.7. The van der Waals surface area contributed by atoms with E-state index in [1.807, 2.05) is 25.3 Å². The van der Waals surface area contributed by atoms with Gasteiger partial charge in [-0.3, -0.25) is 4.90 Å². The van der Waals surface area contributed by atoms with Gasteiger partial charge in [-0.15, -0.1) is 10.2 Å². The molecule has 0 N–H and O–H groups in total. The molecule has 2 heterocycles. The Labute approximate surface area is 159 Å². The van der Waals surface area contributed by atoms with Crippen LogP contribution in [-0.2, 0) is 24.4 Å². The van der Waals surface area contributed by atoms with Gasteiger partial charge >= 0.3 is 0 Å². The van der Waals surface area contributed by atoms with Crippen molar-refractivity contribution >= 4 is 11.8 Å². The molecule has 0 saturated carbocycles. The highest BCUT2D eigenvalue weighted by molar-refractivity contribution is 7.98. The Bertz CT molecular complexity index is 701. The Morgan fingerprint density at radius 2 is 2.15 bits per heavy atom. The summed E-state index contributed by atoms with van der Waals surface area (Å²) in [6, 6.07) is 8.21. The lowest BCUT2D eigenvalue weighted by Crippen LogP contribution is -2.23. The largest absolute Gasteiger partial charge is 0.494 e. The third-order valence-corrected chi connectivity index (χ3v) is 5.18. The van der Waals surface area contributed by atoms with Crippen molar-refractivity contribution in [2.24, 2.45) is 0 Å². The van der Waals surface area contributed by atoms with Crippen molar-refractivity contribution in [3.63, 3.8) is 0 Å². The lowest BCUT2D eigenvalue weighted by atomic mass is 10.2. The Kier molecular flexibility index (Phi) is 6.93. The molecule has 2 aromatic rings. The minimum absolute atomic E-state index is 0.277. The van der Waals surface area contributed by atoms with Crippen LogP contribution in [0, 0.1) is 0 Å². The van der Waals surface area contributed by atoms with Crippen LogP contribution >= 0.6 is 11.8 Å². The number of para-hydroxylation sites is 1. The predicted molar refractivity (Wildman–Crippen MR) is 104 cm³/mol. The lowest BCUT2D eigenvalue weighted by Gasteiger charge is -2.20. The van der Waals surface area contributed by atoms with Crippen molar-refractivity contribution in [2.45, 2.75) is 50.7 Å². The van der Waals surface area contributed by atoms with Crippen LogP contribution in [0.5, 0.6) is 5.75 Å². The summed E-state index contributed by atoms with van der Waals surface area (Å²) in [7, 11) is 2.10. The highest BCUT2D eigenvalue weighted by atomic mass is 32.2. The SMILES string of the molecule is CCOc1ccccc1CN(C)Cc1nnc(SC)n1CC1CCCO1. The molecule has 3 rings (SSSR count). The molecule has 0 radical (unpaired) electrons. The van der Waals surface area contributed by atoms with Crippen molar-refractivity contribution in [3.05, 3.63) is 35.7 Å². The van der Waals surface area contributed by atoms with Gasteiger partial charge in [0.05, 0.1) is 25.8 Å². The fourth-order valence-corrected chi connectivity index (χ4v) is 3.80. The van der Waals surface area contributed by atoms with Gasteiger partial charge in [0, 0.05) is 18.7 Å². The van der Waals surface area contributed by atoms with Gasteiger partial charge < -0.3 is 14.0 Å². The van der Waals surface area contributed by atoms with Gasteiger partial charge in [0.1, 0.15) is 11.6 Å². The molecular weight excluding hydrogens is 348 g/mol. The van der Waals surface area contributed by atoms with Crippen molar-refractivity contribution in [2.75, 3.05) is 26.5 Å². The lowest BCUT2D eigenvalue weighted by molar-refractivity contribution is 0.0934. The Balaban J connectivity index is 1.69. The minimum Gasteiger partial charge on any atom is -0.494 e. The van der Waals surface area contributed by atoms with Gasteiger partial charge in [0.25, 0.3) is 0 Å². The van der Waals surface area contributed by atoms with E-state index in [2.05, 4.69) is 38.8 Å². The second-order valence-electron chi connectivity index (χ2n) is 6.56. The number of nitrogens with zero attached hydrogens (tertiary/aromatic N) is 4. The van der Waals surface area contributed by atoms with Crippen LogP contribution in [0.3, 0.4) is 0 Å². The maximum atomic E-state index is 5.81. The van der Waals surface area contributed by atoms with E-state index in [0.29, 0.717) is 6.61 Å². The van der Waals surface area contributed by atoms with Gasteiger partial charge in [-0.25, -0.2) is 0 Å². The van der Waals surface area contributed by atoms with E-state index >= 15 is 0 Å². The summed E-state index contributed by atoms with van der Waals surface area (Å²) in [6.45, 7) is 5.93. The standard InChI is InChI=1S/C19H28N4O2S/c1-4-24-17-10-6-5-8-15(17)12-22(2)14-18-20-21-19(26-3)23(18)13-16-9-7-11-25-16/h5-6,8,10,16H,4,7,9,11-14H2,1-3H3. The van der Waals surface area contributed by atoms with E-state index in [1.165, 1.54) is 5.56 Å². The highest BCUT2D eigenvalue weighted by Gasteiger charge is 2.21. The topological polar surface area (TPSA) is 52.4 Å². The van der Waals surface area contributed by atoms with E-state index in [4.69, 9.17) is 9.47 Å². The molecule has 142 valence electrons. The number of hydrogen-bond donors (Lipinski definition) is 0. The summed E-state index contributed by atoms with van der Waals surface area (Å²) >= 11 is 1.64. The second-order valence-corrected chi connectivity index (χ2v) is 7.33. The number of ether oxygens (including phenoxy) is 2. The molecule has 1 atom stereocenters. The van der Waals surface area contributed by atoms with E-state index in [0.717, 1.165) is 55.8 Å². The molecule has 0 spiro atoms. The predicted octanol–water partition coefficient (Wildman–Crippen LogP) is 3.21. The fraction of sp³-hybridized carbons (Fsp3) is 0.579. The molecule has 0 bridgehead atoms. The summed E-state index contributed by atoms with van der Waals surface area (Å²) in [4.78, 5) is 2.25. The van der Waals surface area contributed by atoms with Gasteiger partial charge in [0.2, 0.25) is 0 Å². The molecule has 26 heavy (non-hydrogen) atoms. The molecule has 1 aromatic heterocycles. The number of thioether (sulfide) groups is 1. The van der Waals surface area contributed by atoms with Crippen LogP contribution in [0.15, 0.2) is 29.4 Å². The van der Waals surface area contributed by atoms with Gasteiger partial charge in [-0.05, 0) is 39.1 Å². The zero-order chi connectivity index (χ0) is 18.4. The number of rotatable bonds is 9. The Morgan fingerprint density at radius 1 is 1.31 bits per heavy atom. The molecule has 1 saturated heterocycles. The molecule has 1 fully saturated rings. The first-order valence-electron chi connectivity index (χ1n) is 9.18. The Hall–Kier alpha value is -1.57. The maximum absolute atomic E-state index is 5.81. The first kappa shape index (κ1) is 19.2. The van der Waals surface area contributed by atoms with E-state index in [1.54, 1.807) is 11.8 Å². The van der Waals surface area contributed by atoms with Gasteiger partial charge in [0.15, 0.2) is 5.16 Å². The summed E-state index contributed by atoms with van der Waals surface area (Å²) in [5.74, 6) is 1.94. The van der Waals surface area contributed by atoms with E-state index < -0.39 is 0 Å². The Morgan fingerprint density at radius 3 is 2.88 bits per heavy atom. The molecule has 1 aromatic carbocycles. The third-order valence-electron chi connectivity index (χ3n) is 4.51.